The monoisotopic (exact) mass is 201 g/mol. The highest BCUT2D eigenvalue weighted by atomic mass is 16.7. The van der Waals surface area contributed by atoms with Crippen molar-refractivity contribution in [2.24, 2.45) is 0 Å². The number of hydrogen-bond acceptors (Lipinski definition) is 3. The van der Waals surface area contributed by atoms with Crippen LogP contribution in [0.1, 0.15) is 32.1 Å². The van der Waals surface area contributed by atoms with Crippen LogP contribution in [0.5, 0.6) is 0 Å². The maximum Gasteiger partial charge on any atom is 0.245 e. The molecule has 0 aromatic heterocycles. The average molecular weight is 201 g/mol. The molecule has 1 aliphatic rings. The Morgan fingerprint density at radius 2 is 2.36 bits per heavy atom. The number of rotatable bonds is 4. The SMILES string of the molecule is CON(C)C(=O)CCC1CCCCO1. The van der Waals surface area contributed by atoms with Crippen molar-refractivity contribution in [3.05, 3.63) is 0 Å². The Kier molecular flexibility index (Phi) is 4.90. The summed E-state index contributed by atoms with van der Waals surface area (Å²) in [6.07, 6.45) is 5.06. The largest absolute Gasteiger partial charge is 0.378 e. The first-order valence-corrected chi connectivity index (χ1v) is 5.16. The predicted molar refractivity (Wildman–Crippen MR) is 52.6 cm³/mol. The van der Waals surface area contributed by atoms with Crippen LogP contribution in [0.3, 0.4) is 0 Å². The van der Waals surface area contributed by atoms with E-state index < -0.39 is 0 Å². The smallest absolute Gasteiger partial charge is 0.245 e. The van der Waals surface area contributed by atoms with Crippen molar-refractivity contribution in [2.75, 3.05) is 20.8 Å². The molecule has 14 heavy (non-hydrogen) atoms. The molecule has 4 heteroatoms. The molecule has 82 valence electrons. The Hall–Kier alpha value is -0.610. The lowest BCUT2D eigenvalue weighted by Gasteiger charge is -2.23. The van der Waals surface area contributed by atoms with Gasteiger partial charge in [-0.1, -0.05) is 0 Å². The van der Waals surface area contributed by atoms with Crippen LogP contribution in [0, 0.1) is 0 Å². The Bertz CT molecular complexity index is 178. The summed E-state index contributed by atoms with van der Waals surface area (Å²) in [7, 11) is 3.12. The summed E-state index contributed by atoms with van der Waals surface area (Å²) in [5, 5.41) is 1.27. The molecule has 0 saturated carbocycles. The van der Waals surface area contributed by atoms with Crippen molar-refractivity contribution in [2.45, 2.75) is 38.2 Å². The van der Waals surface area contributed by atoms with Crippen LogP contribution < -0.4 is 0 Å². The number of carbonyl (C=O) groups is 1. The van der Waals surface area contributed by atoms with E-state index in [1.54, 1.807) is 7.05 Å². The van der Waals surface area contributed by atoms with E-state index in [0.717, 1.165) is 25.9 Å². The van der Waals surface area contributed by atoms with Crippen LogP contribution in [-0.4, -0.2) is 37.8 Å². The van der Waals surface area contributed by atoms with Crippen LogP contribution in [0.2, 0.25) is 0 Å². The summed E-state index contributed by atoms with van der Waals surface area (Å²) in [4.78, 5) is 16.2. The quantitative estimate of drug-likeness (QED) is 0.644. The van der Waals surface area contributed by atoms with Crippen LogP contribution in [0.15, 0.2) is 0 Å². The van der Waals surface area contributed by atoms with Gasteiger partial charge in [0.05, 0.1) is 13.2 Å². The fourth-order valence-corrected chi connectivity index (χ4v) is 1.58. The summed E-state index contributed by atoms with van der Waals surface area (Å²) < 4.78 is 5.53. The Morgan fingerprint density at radius 1 is 1.57 bits per heavy atom. The lowest BCUT2D eigenvalue weighted by Crippen LogP contribution is -2.27. The first-order chi connectivity index (χ1) is 6.74. The molecule has 1 rings (SSSR count). The van der Waals surface area contributed by atoms with Crippen molar-refractivity contribution in [1.82, 2.24) is 5.06 Å². The molecule has 0 radical (unpaired) electrons. The summed E-state index contributed by atoms with van der Waals surface area (Å²) in [5.74, 6) is 0.0154. The van der Waals surface area contributed by atoms with Crippen molar-refractivity contribution in [3.8, 4) is 0 Å². The number of amides is 1. The molecule has 1 amide bonds. The zero-order valence-electron chi connectivity index (χ0n) is 8.99. The molecule has 1 fully saturated rings. The highest BCUT2D eigenvalue weighted by Crippen LogP contribution is 2.17. The van der Waals surface area contributed by atoms with Gasteiger partial charge >= 0.3 is 0 Å². The first kappa shape index (κ1) is 11.5. The predicted octanol–water partition coefficient (Wildman–Crippen LogP) is 1.36. The average Bonchev–Trinajstić information content (AvgIpc) is 2.26. The second-order valence-electron chi connectivity index (χ2n) is 3.60. The van der Waals surface area contributed by atoms with E-state index >= 15 is 0 Å². The molecule has 0 bridgehead atoms. The van der Waals surface area contributed by atoms with Gasteiger partial charge in [-0.05, 0) is 25.7 Å². The highest BCUT2D eigenvalue weighted by Gasteiger charge is 2.16. The van der Waals surface area contributed by atoms with E-state index in [9.17, 15) is 4.79 Å². The second-order valence-corrected chi connectivity index (χ2v) is 3.60. The maximum atomic E-state index is 11.4. The van der Waals surface area contributed by atoms with Gasteiger partial charge in [-0.3, -0.25) is 9.63 Å². The van der Waals surface area contributed by atoms with Crippen molar-refractivity contribution >= 4 is 5.91 Å². The Morgan fingerprint density at radius 3 is 2.93 bits per heavy atom. The van der Waals surface area contributed by atoms with Crippen molar-refractivity contribution in [1.29, 1.82) is 0 Å². The minimum absolute atomic E-state index is 0.0154. The fraction of sp³-hybridized carbons (Fsp3) is 0.900. The zero-order chi connectivity index (χ0) is 10.4. The second kappa shape index (κ2) is 5.98. The third kappa shape index (κ3) is 3.64. The van der Waals surface area contributed by atoms with Crippen LogP contribution in [-0.2, 0) is 14.4 Å². The van der Waals surface area contributed by atoms with Crippen LogP contribution >= 0.6 is 0 Å². The van der Waals surface area contributed by atoms with Gasteiger partial charge in [0.1, 0.15) is 0 Å². The molecule has 1 aliphatic heterocycles. The van der Waals surface area contributed by atoms with E-state index in [4.69, 9.17) is 9.57 Å². The minimum Gasteiger partial charge on any atom is -0.378 e. The van der Waals surface area contributed by atoms with Crippen molar-refractivity contribution in [3.63, 3.8) is 0 Å². The van der Waals surface area contributed by atoms with E-state index in [1.807, 2.05) is 0 Å². The molecule has 1 unspecified atom stereocenters. The topological polar surface area (TPSA) is 38.8 Å². The Labute approximate surface area is 85.1 Å². The molecule has 1 saturated heterocycles. The van der Waals surface area contributed by atoms with Gasteiger partial charge in [0.2, 0.25) is 5.91 Å². The van der Waals surface area contributed by atoms with E-state index in [1.165, 1.54) is 18.6 Å². The lowest BCUT2D eigenvalue weighted by molar-refractivity contribution is -0.169. The summed E-state index contributed by atoms with van der Waals surface area (Å²) >= 11 is 0. The van der Waals surface area contributed by atoms with Gasteiger partial charge in [0.15, 0.2) is 0 Å². The van der Waals surface area contributed by atoms with Crippen molar-refractivity contribution < 1.29 is 14.4 Å². The molecule has 0 spiro atoms. The number of carbonyl (C=O) groups excluding carboxylic acids is 1. The minimum atomic E-state index is 0.0154. The highest BCUT2D eigenvalue weighted by molar-refractivity contribution is 5.74. The molecular weight excluding hydrogens is 182 g/mol. The fourth-order valence-electron chi connectivity index (χ4n) is 1.58. The number of hydrogen-bond donors (Lipinski definition) is 0. The molecule has 1 heterocycles. The summed E-state index contributed by atoms with van der Waals surface area (Å²) in [6.45, 7) is 0.846. The number of nitrogens with zero attached hydrogens (tertiary/aromatic N) is 1. The third-order valence-electron chi connectivity index (χ3n) is 2.58. The third-order valence-corrected chi connectivity index (χ3v) is 2.58. The van der Waals surface area contributed by atoms with Crippen LogP contribution in [0.25, 0.3) is 0 Å². The molecule has 0 N–H and O–H groups in total. The van der Waals surface area contributed by atoms with Gasteiger partial charge in [0, 0.05) is 20.1 Å². The Balaban J connectivity index is 2.15. The van der Waals surface area contributed by atoms with E-state index in [-0.39, 0.29) is 12.0 Å². The lowest BCUT2D eigenvalue weighted by atomic mass is 10.0. The standard InChI is InChI=1S/C10H19NO3/c1-11(13-2)10(12)7-6-9-5-3-4-8-14-9/h9H,3-8H2,1-2H3. The molecule has 0 aromatic carbocycles. The number of ether oxygens (including phenoxy) is 1. The van der Waals surface area contributed by atoms with E-state index in [2.05, 4.69) is 0 Å². The normalized spacial score (nSPS) is 22.0. The summed E-state index contributed by atoms with van der Waals surface area (Å²) in [5.41, 5.74) is 0. The number of hydroxylamine groups is 2. The van der Waals surface area contributed by atoms with E-state index in [0.29, 0.717) is 6.42 Å². The van der Waals surface area contributed by atoms with Gasteiger partial charge < -0.3 is 4.74 Å². The van der Waals surface area contributed by atoms with Gasteiger partial charge in [0.25, 0.3) is 0 Å². The van der Waals surface area contributed by atoms with Gasteiger partial charge in [-0.25, -0.2) is 5.06 Å². The molecule has 0 aliphatic carbocycles. The molecule has 4 nitrogen and oxygen atoms in total. The molecular formula is C10H19NO3. The van der Waals surface area contributed by atoms with Gasteiger partial charge in [-0.15, -0.1) is 0 Å². The zero-order valence-corrected chi connectivity index (χ0v) is 8.99. The molecule has 1 atom stereocenters. The van der Waals surface area contributed by atoms with Crippen LogP contribution in [0.4, 0.5) is 0 Å². The molecule has 0 aromatic rings. The van der Waals surface area contributed by atoms with Gasteiger partial charge in [-0.2, -0.15) is 0 Å². The first-order valence-electron chi connectivity index (χ1n) is 5.16. The maximum absolute atomic E-state index is 11.4. The summed E-state index contributed by atoms with van der Waals surface area (Å²) in [6, 6.07) is 0.